The summed E-state index contributed by atoms with van der Waals surface area (Å²) in [6, 6.07) is 0. The molecule has 0 saturated carbocycles. The van der Waals surface area contributed by atoms with E-state index >= 15 is 0 Å². The zero-order valence-corrected chi connectivity index (χ0v) is 18.7. The topological polar surface area (TPSA) is 264 Å². The van der Waals surface area contributed by atoms with Crippen molar-refractivity contribution in [3.8, 4) is 0 Å². The second-order valence-corrected chi connectivity index (χ2v) is 10.9. The van der Waals surface area contributed by atoms with Gasteiger partial charge in [-0.1, -0.05) is 0 Å². The predicted octanol–water partition coefficient (Wildman–Crippen LogP) is -1.63. The summed E-state index contributed by atoms with van der Waals surface area (Å²) in [5.74, 6) is -1.56. The summed E-state index contributed by atoms with van der Waals surface area (Å²) in [4.78, 5) is 60.3. The molecule has 2 heterocycles. The Morgan fingerprint density at radius 3 is 2.30 bits per heavy atom. The van der Waals surface area contributed by atoms with Crippen LogP contribution in [0.15, 0.2) is 15.8 Å². The van der Waals surface area contributed by atoms with Gasteiger partial charge in [-0.3, -0.25) is 18.9 Å². The average Bonchev–Trinajstić information content (AvgIpc) is 2.87. The number of aromatic amines is 1. The molecule has 22 heteroatoms. The van der Waals surface area contributed by atoms with Crippen molar-refractivity contribution in [2.24, 2.45) is 0 Å². The van der Waals surface area contributed by atoms with Gasteiger partial charge in [-0.2, -0.15) is 13.0 Å². The number of nitrogens with zero attached hydrogens (tertiary/aromatic N) is 1. The Labute approximate surface area is 180 Å². The zero-order valence-electron chi connectivity index (χ0n) is 16.0. The largest absolute Gasteiger partial charge is 0.490 e. The summed E-state index contributed by atoms with van der Waals surface area (Å²) in [6.45, 7) is -0.992. The van der Waals surface area contributed by atoms with Crippen LogP contribution in [-0.2, 0) is 31.6 Å². The average molecular weight is 548 g/mol. The van der Waals surface area contributed by atoms with Crippen LogP contribution in [0.3, 0.4) is 0 Å². The molecule has 0 bridgehead atoms. The minimum atomic E-state index is -5.88. The third-order valence-corrected chi connectivity index (χ3v) is 8.03. The molecule has 7 N–H and O–H groups in total. The van der Waals surface area contributed by atoms with Gasteiger partial charge in [0.15, 0.2) is 11.8 Å². The van der Waals surface area contributed by atoms with Crippen LogP contribution < -0.4 is 11.2 Å². The van der Waals surface area contributed by atoms with Crippen LogP contribution in [0.5, 0.6) is 0 Å². The summed E-state index contributed by atoms with van der Waals surface area (Å²) >= 11 is 0. The standard InChI is InChI=1S/C11H17F2N2O15P3/c1-4(28-32(23,24)30-33(25,26)29-31(20,21)22)6-7(16)11(19,3-12)9(27-6)15-2-5(13)8(17)14-10(15)18/h2,4,6-7,9,16,19H,3H2,1H3,(H,23,24)(H,25,26)(H,14,17,18)(H2,20,21,22)/t4-,6-,7+,9-,11?/m1/s1. The van der Waals surface area contributed by atoms with Crippen LogP contribution in [-0.4, -0.2) is 69.9 Å². The third kappa shape index (κ3) is 6.49. The fourth-order valence-electron chi connectivity index (χ4n) is 2.79. The summed E-state index contributed by atoms with van der Waals surface area (Å²) in [5, 5.41) is 20.8. The molecule has 2 rings (SSSR count). The van der Waals surface area contributed by atoms with Crippen LogP contribution in [0.1, 0.15) is 13.2 Å². The van der Waals surface area contributed by atoms with E-state index in [4.69, 9.17) is 19.4 Å². The molecule has 1 aliphatic rings. The SMILES string of the molecule is C[C@@H](OP(=O)(O)OP(=O)(O)OP(=O)(O)O)[C@H]1O[C@@H](n2cc(F)c(=O)[nH]c2=O)C(O)(CF)[C@H]1O. The van der Waals surface area contributed by atoms with E-state index in [1.54, 1.807) is 0 Å². The van der Waals surface area contributed by atoms with Gasteiger partial charge in [0, 0.05) is 0 Å². The van der Waals surface area contributed by atoms with Crippen molar-refractivity contribution >= 4 is 23.5 Å². The number of ether oxygens (including phenoxy) is 1. The minimum absolute atomic E-state index is 0.178. The second-order valence-electron chi connectivity index (χ2n) is 6.57. The van der Waals surface area contributed by atoms with Crippen LogP contribution >= 0.6 is 23.5 Å². The Hall–Kier alpha value is -1.17. The monoisotopic (exact) mass is 548 g/mol. The van der Waals surface area contributed by atoms with Crippen molar-refractivity contribution in [1.29, 1.82) is 0 Å². The summed E-state index contributed by atoms with van der Waals surface area (Å²) in [7, 11) is -17.3. The maximum absolute atomic E-state index is 13.6. The fourth-order valence-corrected chi connectivity index (χ4v) is 5.99. The highest BCUT2D eigenvalue weighted by Crippen LogP contribution is 2.66. The molecule has 0 spiro atoms. The number of hydrogen-bond donors (Lipinski definition) is 7. The summed E-state index contributed by atoms with van der Waals surface area (Å²) in [5.41, 5.74) is -5.85. The number of nitrogens with one attached hydrogen (secondary N) is 1. The molecule has 3 unspecified atom stereocenters. The minimum Gasteiger partial charge on any atom is -0.387 e. The van der Waals surface area contributed by atoms with Gasteiger partial charge in [0.25, 0.3) is 5.56 Å². The number of aromatic nitrogens is 2. The molecule has 33 heavy (non-hydrogen) atoms. The van der Waals surface area contributed by atoms with Crippen molar-refractivity contribution in [2.75, 3.05) is 6.67 Å². The van der Waals surface area contributed by atoms with Crippen molar-refractivity contribution in [3.05, 3.63) is 32.9 Å². The van der Waals surface area contributed by atoms with E-state index in [1.807, 2.05) is 0 Å². The van der Waals surface area contributed by atoms with E-state index in [0.29, 0.717) is 0 Å². The number of aliphatic hydroxyl groups excluding tert-OH is 1. The third-order valence-electron chi connectivity index (χ3n) is 4.11. The van der Waals surface area contributed by atoms with E-state index < -0.39 is 77.3 Å². The maximum Gasteiger partial charge on any atom is 0.490 e. The quantitative estimate of drug-likeness (QED) is 0.171. The smallest absolute Gasteiger partial charge is 0.387 e. The van der Waals surface area contributed by atoms with E-state index in [0.717, 1.165) is 6.92 Å². The van der Waals surface area contributed by atoms with Gasteiger partial charge in [-0.05, 0) is 6.92 Å². The first-order valence-electron chi connectivity index (χ1n) is 8.27. The van der Waals surface area contributed by atoms with Gasteiger partial charge in [0.05, 0.1) is 12.3 Å². The van der Waals surface area contributed by atoms with E-state index in [2.05, 4.69) is 13.1 Å². The molecular formula is C11H17F2N2O15P3. The normalized spacial score (nSPS) is 30.5. The number of rotatable bonds is 9. The van der Waals surface area contributed by atoms with Gasteiger partial charge in [-0.15, -0.1) is 0 Å². The van der Waals surface area contributed by atoms with Crippen LogP contribution in [0.4, 0.5) is 8.78 Å². The molecule has 0 aliphatic carbocycles. The van der Waals surface area contributed by atoms with E-state index in [1.165, 1.54) is 4.98 Å². The first-order chi connectivity index (χ1) is 14.8. The Bertz CT molecular complexity index is 1150. The van der Waals surface area contributed by atoms with Gasteiger partial charge < -0.3 is 34.5 Å². The van der Waals surface area contributed by atoms with Gasteiger partial charge in [-0.25, -0.2) is 22.9 Å². The second kappa shape index (κ2) is 9.47. The van der Waals surface area contributed by atoms with Crippen molar-refractivity contribution in [1.82, 2.24) is 9.55 Å². The lowest BCUT2D eigenvalue weighted by Crippen LogP contribution is -2.51. The maximum atomic E-state index is 13.6. The zero-order chi connectivity index (χ0) is 25.6. The Morgan fingerprint density at radius 2 is 1.79 bits per heavy atom. The molecule has 17 nitrogen and oxygen atoms in total. The van der Waals surface area contributed by atoms with Crippen molar-refractivity contribution < 1.29 is 70.1 Å². The van der Waals surface area contributed by atoms with Crippen LogP contribution in [0, 0.1) is 5.82 Å². The number of H-pyrrole nitrogens is 1. The molecule has 1 fully saturated rings. The number of halogens is 2. The lowest BCUT2D eigenvalue weighted by molar-refractivity contribution is -0.122. The first kappa shape index (κ1) is 28.1. The van der Waals surface area contributed by atoms with Gasteiger partial charge in [0.2, 0.25) is 5.82 Å². The molecule has 190 valence electrons. The highest BCUT2D eigenvalue weighted by molar-refractivity contribution is 7.66. The molecule has 7 atom stereocenters. The van der Waals surface area contributed by atoms with Crippen molar-refractivity contribution in [2.45, 2.75) is 37.1 Å². The molecule has 1 aromatic heterocycles. The van der Waals surface area contributed by atoms with E-state index in [-0.39, 0.29) is 10.8 Å². The molecule has 0 amide bonds. The molecule has 1 aromatic rings. The lowest BCUT2D eigenvalue weighted by Gasteiger charge is -2.29. The van der Waals surface area contributed by atoms with Crippen LogP contribution in [0.25, 0.3) is 0 Å². The Morgan fingerprint density at radius 1 is 1.21 bits per heavy atom. The number of hydrogen-bond acceptors (Lipinski definition) is 11. The Kier molecular flexibility index (Phi) is 8.05. The van der Waals surface area contributed by atoms with E-state index in [9.17, 15) is 47.2 Å². The number of phosphoric ester groups is 1. The van der Waals surface area contributed by atoms with Gasteiger partial charge >= 0.3 is 29.2 Å². The fraction of sp³-hybridized carbons (Fsp3) is 0.636. The predicted molar refractivity (Wildman–Crippen MR) is 96.5 cm³/mol. The molecular weight excluding hydrogens is 531 g/mol. The number of alkyl halides is 1. The van der Waals surface area contributed by atoms with Crippen LogP contribution in [0.2, 0.25) is 0 Å². The van der Waals surface area contributed by atoms with Gasteiger partial charge in [0.1, 0.15) is 18.9 Å². The number of phosphoric acid groups is 3. The lowest BCUT2D eigenvalue weighted by atomic mass is 9.93. The molecule has 1 saturated heterocycles. The first-order valence-corrected chi connectivity index (χ1v) is 12.8. The molecule has 0 radical (unpaired) electrons. The highest BCUT2D eigenvalue weighted by atomic mass is 31.3. The summed E-state index contributed by atoms with van der Waals surface area (Å²) in [6.07, 6.45) is -8.26. The molecule has 0 aromatic carbocycles. The summed E-state index contributed by atoms with van der Waals surface area (Å²) < 4.78 is 77.9. The molecule has 1 aliphatic heterocycles. The Balaban J connectivity index is 2.30. The highest BCUT2D eigenvalue weighted by Gasteiger charge is 2.59. The van der Waals surface area contributed by atoms with Crippen molar-refractivity contribution in [3.63, 3.8) is 0 Å². The number of aliphatic hydroxyl groups is 2.